The van der Waals surface area contributed by atoms with E-state index in [1.54, 1.807) is 10.9 Å². The van der Waals surface area contributed by atoms with Gasteiger partial charge in [-0.1, -0.05) is 20.8 Å². The number of anilines is 1. The summed E-state index contributed by atoms with van der Waals surface area (Å²) in [5.74, 6) is 0.0657. The minimum Gasteiger partial charge on any atom is -0.411 e. The van der Waals surface area contributed by atoms with Gasteiger partial charge in [0, 0.05) is 0 Å². The molecular weight excluding hydrogens is 374 g/mol. The summed E-state index contributed by atoms with van der Waals surface area (Å²) in [6.07, 6.45) is 8.33. The van der Waals surface area contributed by atoms with Crippen molar-refractivity contribution < 1.29 is 9.16 Å². The topological polar surface area (TPSA) is 108 Å². The molecule has 28 heavy (non-hydrogen) atoms. The smallest absolute Gasteiger partial charge is 0.280 e. The minimum atomic E-state index is -1.92. The molecule has 3 N–H and O–H groups in total. The minimum absolute atomic E-state index is 0.0332. The lowest BCUT2D eigenvalue weighted by molar-refractivity contribution is -0.0995. The molecule has 0 aromatic carbocycles. The molecule has 2 aromatic heterocycles. The van der Waals surface area contributed by atoms with Crippen LogP contribution in [0.15, 0.2) is 23.3 Å². The number of aromatic nitrogens is 4. The lowest BCUT2D eigenvalue weighted by Gasteiger charge is -2.42. The van der Waals surface area contributed by atoms with Gasteiger partial charge in [0.25, 0.3) is 5.56 Å². The van der Waals surface area contributed by atoms with Crippen LogP contribution in [0.25, 0.3) is 11.2 Å². The van der Waals surface area contributed by atoms with E-state index in [1.165, 1.54) is 0 Å². The fourth-order valence-electron chi connectivity index (χ4n) is 3.81. The standard InChI is InChI=1S/C19H29N5O3Si/c1-18(2,3)28(4,5)27-12-7-6-9-19(12)10-8-13(26-19)24-11-21-14-15(24)22-17(20)23-16(14)25/h8,10-13H,6-7,9H2,1-5H3,(H3,20,22,23,25)/t12-,13?,19+/m1/s1. The Morgan fingerprint density at radius 1 is 1.43 bits per heavy atom. The first kappa shape index (κ1) is 19.3. The molecule has 2 aliphatic rings. The number of rotatable bonds is 3. The van der Waals surface area contributed by atoms with E-state index in [9.17, 15) is 4.79 Å². The van der Waals surface area contributed by atoms with Gasteiger partial charge >= 0.3 is 0 Å². The van der Waals surface area contributed by atoms with Crippen LogP contribution in [0.1, 0.15) is 46.3 Å². The van der Waals surface area contributed by atoms with Gasteiger partial charge in [-0.3, -0.25) is 14.3 Å². The molecule has 8 nitrogen and oxygen atoms in total. The van der Waals surface area contributed by atoms with E-state index in [1.807, 2.05) is 6.08 Å². The molecule has 0 amide bonds. The highest BCUT2D eigenvalue weighted by molar-refractivity contribution is 6.74. The Hall–Kier alpha value is -1.97. The van der Waals surface area contributed by atoms with E-state index in [4.69, 9.17) is 14.9 Å². The van der Waals surface area contributed by atoms with Crippen molar-refractivity contribution in [2.45, 2.75) is 76.1 Å². The van der Waals surface area contributed by atoms with Crippen LogP contribution < -0.4 is 11.3 Å². The van der Waals surface area contributed by atoms with Gasteiger partial charge < -0.3 is 14.9 Å². The molecule has 3 heterocycles. The van der Waals surface area contributed by atoms with E-state index < -0.39 is 13.9 Å². The maximum Gasteiger partial charge on any atom is 0.280 e. The highest BCUT2D eigenvalue weighted by Gasteiger charge is 2.51. The fourth-order valence-corrected chi connectivity index (χ4v) is 5.20. The number of imidazole rings is 1. The highest BCUT2D eigenvalue weighted by atomic mass is 28.4. The highest BCUT2D eigenvalue weighted by Crippen LogP contribution is 2.47. The summed E-state index contributed by atoms with van der Waals surface area (Å²) in [7, 11) is -1.92. The summed E-state index contributed by atoms with van der Waals surface area (Å²) in [5, 5.41) is 0.140. The van der Waals surface area contributed by atoms with Crippen molar-refractivity contribution in [2.24, 2.45) is 0 Å². The number of ether oxygens (including phenoxy) is 1. The molecule has 9 heteroatoms. The predicted octanol–water partition coefficient (Wildman–Crippen LogP) is 3.10. The average Bonchev–Trinajstić information content (AvgIpc) is 3.26. The van der Waals surface area contributed by atoms with E-state index in [0.29, 0.717) is 5.65 Å². The van der Waals surface area contributed by atoms with Gasteiger partial charge in [0.1, 0.15) is 5.60 Å². The fraction of sp³-hybridized carbons (Fsp3) is 0.632. The summed E-state index contributed by atoms with van der Waals surface area (Å²) < 4.78 is 15.0. The number of nitrogens with one attached hydrogen (secondary N) is 1. The number of nitrogen functional groups attached to an aromatic ring is 1. The first-order chi connectivity index (χ1) is 13.0. The first-order valence-corrected chi connectivity index (χ1v) is 12.7. The number of hydrogen-bond donors (Lipinski definition) is 2. The number of aromatic amines is 1. The molecule has 152 valence electrons. The third-order valence-corrected chi connectivity index (χ3v) is 10.9. The molecule has 0 radical (unpaired) electrons. The Kier molecular flexibility index (Phi) is 4.33. The monoisotopic (exact) mass is 403 g/mol. The maximum atomic E-state index is 12.1. The average molecular weight is 404 g/mol. The van der Waals surface area contributed by atoms with Crippen molar-refractivity contribution in [1.82, 2.24) is 19.5 Å². The van der Waals surface area contributed by atoms with Crippen LogP contribution >= 0.6 is 0 Å². The molecule has 2 aromatic rings. The normalized spacial score (nSPS) is 28.0. The van der Waals surface area contributed by atoms with Gasteiger partial charge in [-0.15, -0.1) is 0 Å². The van der Waals surface area contributed by atoms with Crippen LogP contribution in [0.3, 0.4) is 0 Å². The van der Waals surface area contributed by atoms with Crippen LogP contribution in [0.5, 0.6) is 0 Å². The van der Waals surface area contributed by atoms with Crippen molar-refractivity contribution >= 4 is 25.4 Å². The van der Waals surface area contributed by atoms with Crippen molar-refractivity contribution in [3.05, 3.63) is 28.8 Å². The molecule has 1 saturated carbocycles. The van der Waals surface area contributed by atoms with Crippen LogP contribution in [0.2, 0.25) is 18.1 Å². The van der Waals surface area contributed by atoms with Crippen LogP contribution in [-0.2, 0) is 9.16 Å². The summed E-state index contributed by atoms with van der Waals surface area (Å²) in [6, 6.07) is 0. The second-order valence-electron chi connectivity index (χ2n) is 9.36. The van der Waals surface area contributed by atoms with Gasteiger partial charge in [-0.05, 0) is 49.5 Å². The first-order valence-electron chi connectivity index (χ1n) is 9.80. The third kappa shape index (κ3) is 3.01. The molecule has 4 rings (SSSR count). The number of nitrogens with two attached hydrogens (primary N) is 1. The molecule has 0 saturated heterocycles. The number of nitrogens with zero attached hydrogens (tertiary/aromatic N) is 3. The van der Waals surface area contributed by atoms with Gasteiger partial charge in [-0.25, -0.2) is 4.98 Å². The van der Waals surface area contributed by atoms with E-state index in [0.717, 1.165) is 19.3 Å². The second-order valence-corrected chi connectivity index (χ2v) is 14.1. The van der Waals surface area contributed by atoms with Crippen molar-refractivity contribution in [2.75, 3.05) is 5.73 Å². The maximum absolute atomic E-state index is 12.1. The Morgan fingerprint density at radius 3 is 2.89 bits per heavy atom. The summed E-state index contributed by atoms with van der Waals surface area (Å²) in [5.41, 5.74) is 5.61. The van der Waals surface area contributed by atoms with Gasteiger partial charge in [0.05, 0.1) is 12.4 Å². The summed E-state index contributed by atoms with van der Waals surface area (Å²) in [6.45, 7) is 11.3. The van der Waals surface area contributed by atoms with Crippen LogP contribution in [-0.4, -0.2) is 39.5 Å². The van der Waals surface area contributed by atoms with E-state index in [2.05, 4.69) is 54.9 Å². The Morgan fingerprint density at radius 2 is 2.18 bits per heavy atom. The zero-order chi connectivity index (χ0) is 20.3. The zero-order valence-electron chi connectivity index (χ0n) is 17.2. The summed E-state index contributed by atoms with van der Waals surface area (Å²) in [4.78, 5) is 23.0. The molecule has 3 atom stereocenters. The number of hydrogen-bond acceptors (Lipinski definition) is 6. The third-order valence-electron chi connectivity index (χ3n) is 6.43. The van der Waals surface area contributed by atoms with Gasteiger partial charge in [-0.2, -0.15) is 4.98 Å². The Bertz CT molecular complexity index is 990. The Labute approximate surface area is 165 Å². The van der Waals surface area contributed by atoms with Crippen LogP contribution in [0.4, 0.5) is 5.95 Å². The lowest BCUT2D eigenvalue weighted by Crippen LogP contribution is -2.49. The number of H-pyrrole nitrogens is 1. The van der Waals surface area contributed by atoms with Crippen molar-refractivity contribution in [1.29, 1.82) is 0 Å². The van der Waals surface area contributed by atoms with E-state index in [-0.39, 0.29) is 34.4 Å². The summed E-state index contributed by atoms with van der Waals surface area (Å²) >= 11 is 0. The molecule has 1 fully saturated rings. The van der Waals surface area contributed by atoms with Gasteiger partial charge in [0.15, 0.2) is 25.7 Å². The predicted molar refractivity (Wildman–Crippen MR) is 110 cm³/mol. The number of fused-ring (bicyclic) bond motifs is 1. The van der Waals surface area contributed by atoms with Crippen molar-refractivity contribution in [3.8, 4) is 0 Å². The molecule has 0 bridgehead atoms. The quantitative estimate of drug-likeness (QED) is 0.602. The molecule has 1 spiro atoms. The molecule has 1 aliphatic heterocycles. The largest absolute Gasteiger partial charge is 0.411 e. The van der Waals surface area contributed by atoms with E-state index >= 15 is 0 Å². The van der Waals surface area contributed by atoms with Crippen molar-refractivity contribution in [3.63, 3.8) is 0 Å². The van der Waals surface area contributed by atoms with Gasteiger partial charge in [0.2, 0.25) is 5.95 Å². The molecule has 1 unspecified atom stereocenters. The zero-order valence-corrected chi connectivity index (χ0v) is 18.2. The SMILES string of the molecule is CC(C)(C)[Si](C)(C)O[C@@H]1CCC[C@]12C=CC(n1cnc3c(=O)[nH]c(N)nc31)O2. The molecular formula is C19H29N5O3Si. The Balaban J connectivity index is 1.62. The molecule has 1 aliphatic carbocycles. The second kappa shape index (κ2) is 6.26. The lowest BCUT2D eigenvalue weighted by atomic mass is 10.0. The van der Waals surface area contributed by atoms with Crippen LogP contribution in [0, 0.1) is 0 Å².